The second-order valence-corrected chi connectivity index (χ2v) is 6.14. The lowest BCUT2D eigenvalue weighted by Gasteiger charge is -2.17. The molecule has 0 spiro atoms. The molecule has 1 aliphatic rings. The number of hydrogen-bond donors (Lipinski definition) is 1. The van der Waals surface area contributed by atoms with Crippen LogP contribution in [0.1, 0.15) is 38.6 Å². The van der Waals surface area contributed by atoms with Crippen LogP contribution in [-0.4, -0.2) is 42.1 Å². The van der Waals surface area contributed by atoms with Crippen LogP contribution >= 0.6 is 0 Å². The van der Waals surface area contributed by atoms with Crippen LogP contribution in [0, 0.1) is 11.6 Å². The topological polar surface area (TPSA) is 66.8 Å². The first-order valence-electron chi connectivity index (χ1n) is 8.06. The summed E-state index contributed by atoms with van der Waals surface area (Å²) in [5.74, 6) is -3.75. The standard InChI is InChI=1S/C19H17F2NO4/c1-26-17-15(20)8-14(9-16(17)21)18(23)22-7-6-13(10-22)11-2-4-12(5-3-11)19(24)25/h2-5,8-9,13H,6-7,10H2,1H3,(H,24,25)/t13-/m0/s1. The molecule has 0 bridgehead atoms. The van der Waals surface area contributed by atoms with Crippen molar-refractivity contribution in [1.82, 2.24) is 4.90 Å². The number of carboxylic acid groups (broad SMARTS) is 1. The van der Waals surface area contributed by atoms with Gasteiger partial charge in [0.15, 0.2) is 17.4 Å². The zero-order valence-electron chi connectivity index (χ0n) is 14.0. The predicted octanol–water partition coefficient (Wildman–Crippen LogP) is 3.30. The number of carbonyl (C=O) groups excluding carboxylic acids is 1. The lowest BCUT2D eigenvalue weighted by molar-refractivity contribution is 0.0696. The second kappa shape index (κ2) is 7.11. The van der Waals surface area contributed by atoms with Gasteiger partial charge in [-0.2, -0.15) is 0 Å². The highest BCUT2D eigenvalue weighted by atomic mass is 19.1. The highest BCUT2D eigenvalue weighted by Crippen LogP contribution is 2.30. The van der Waals surface area contributed by atoms with Crippen molar-refractivity contribution in [1.29, 1.82) is 0 Å². The average molecular weight is 361 g/mol. The number of methoxy groups -OCH3 is 1. The van der Waals surface area contributed by atoms with Gasteiger partial charge in [-0.15, -0.1) is 0 Å². The van der Waals surface area contributed by atoms with E-state index >= 15 is 0 Å². The van der Waals surface area contributed by atoms with E-state index in [0.717, 1.165) is 24.8 Å². The van der Waals surface area contributed by atoms with Crippen LogP contribution in [0.2, 0.25) is 0 Å². The lowest BCUT2D eigenvalue weighted by atomic mass is 9.97. The highest BCUT2D eigenvalue weighted by molar-refractivity contribution is 5.94. The highest BCUT2D eigenvalue weighted by Gasteiger charge is 2.29. The SMILES string of the molecule is COc1c(F)cc(C(=O)N2CC[C@H](c3ccc(C(=O)O)cc3)C2)cc1F. The maximum absolute atomic E-state index is 13.8. The first-order valence-corrected chi connectivity index (χ1v) is 8.06. The molecule has 3 rings (SSSR count). The van der Waals surface area contributed by atoms with Crippen LogP contribution < -0.4 is 4.74 Å². The van der Waals surface area contributed by atoms with E-state index in [-0.39, 0.29) is 17.0 Å². The van der Waals surface area contributed by atoms with Gasteiger partial charge >= 0.3 is 5.97 Å². The van der Waals surface area contributed by atoms with Crippen molar-refractivity contribution in [2.45, 2.75) is 12.3 Å². The fourth-order valence-electron chi connectivity index (χ4n) is 3.18. The van der Waals surface area contributed by atoms with Crippen molar-refractivity contribution in [3.63, 3.8) is 0 Å². The summed E-state index contributed by atoms with van der Waals surface area (Å²) >= 11 is 0. The van der Waals surface area contributed by atoms with Gasteiger partial charge < -0.3 is 14.7 Å². The fraction of sp³-hybridized carbons (Fsp3) is 0.263. The van der Waals surface area contributed by atoms with E-state index < -0.39 is 29.3 Å². The van der Waals surface area contributed by atoms with Gasteiger partial charge in [0, 0.05) is 24.6 Å². The molecule has 1 atom stereocenters. The third-order valence-corrected chi connectivity index (χ3v) is 4.55. The predicted molar refractivity (Wildman–Crippen MR) is 89.6 cm³/mol. The minimum atomic E-state index is -0.997. The van der Waals surface area contributed by atoms with Crippen molar-refractivity contribution in [3.05, 3.63) is 64.7 Å². The fourth-order valence-corrected chi connectivity index (χ4v) is 3.18. The quantitative estimate of drug-likeness (QED) is 0.907. The van der Waals surface area contributed by atoms with Gasteiger partial charge in [0.25, 0.3) is 5.91 Å². The van der Waals surface area contributed by atoms with Crippen molar-refractivity contribution in [3.8, 4) is 5.75 Å². The number of amides is 1. The molecule has 1 heterocycles. The van der Waals surface area contributed by atoms with Gasteiger partial charge in [-0.05, 0) is 36.2 Å². The number of carboxylic acids is 1. The summed E-state index contributed by atoms with van der Waals surface area (Å²) in [6.45, 7) is 0.861. The van der Waals surface area contributed by atoms with Crippen LogP contribution in [0.4, 0.5) is 8.78 Å². The zero-order chi connectivity index (χ0) is 18.8. The Morgan fingerprint density at radius 1 is 1.12 bits per heavy atom. The maximum atomic E-state index is 13.8. The minimum absolute atomic E-state index is 0.0507. The van der Waals surface area contributed by atoms with Crippen molar-refractivity contribution < 1.29 is 28.2 Å². The Balaban J connectivity index is 1.74. The first kappa shape index (κ1) is 17.8. The molecular weight excluding hydrogens is 344 g/mol. The molecule has 5 nitrogen and oxygen atoms in total. The van der Waals surface area contributed by atoms with E-state index in [0.29, 0.717) is 19.5 Å². The number of aromatic carboxylic acids is 1. The molecule has 26 heavy (non-hydrogen) atoms. The third-order valence-electron chi connectivity index (χ3n) is 4.55. The van der Waals surface area contributed by atoms with E-state index in [1.807, 2.05) is 0 Å². The van der Waals surface area contributed by atoms with Gasteiger partial charge in [-0.25, -0.2) is 13.6 Å². The summed E-state index contributed by atoms with van der Waals surface area (Å²) in [5.41, 5.74) is 1.06. The number of hydrogen-bond acceptors (Lipinski definition) is 3. The Morgan fingerprint density at radius 3 is 2.27 bits per heavy atom. The molecule has 136 valence electrons. The molecule has 1 N–H and O–H groups in total. The lowest BCUT2D eigenvalue weighted by Crippen LogP contribution is -2.28. The Labute approximate surface area is 148 Å². The molecule has 0 unspecified atom stereocenters. The van der Waals surface area contributed by atoms with Crippen molar-refractivity contribution >= 4 is 11.9 Å². The molecular formula is C19H17F2NO4. The van der Waals surface area contributed by atoms with E-state index in [9.17, 15) is 18.4 Å². The summed E-state index contributed by atoms with van der Waals surface area (Å²) in [6, 6.07) is 8.45. The van der Waals surface area contributed by atoms with Crippen LogP contribution in [0.25, 0.3) is 0 Å². The Kier molecular flexibility index (Phi) is 4.88. The molecule has 1 saturated heterocycles. The molecule has 7 heteroatoms. The van der Waals surface area contributed by atoms with Gasteiger partial charge in [0.2, 0.25) is 0 Å². The summed E-state index contributed by atoms with van der Waals surface area (Å²) in [6.07, 6.45) is 0.694. The Bertz CT molecular complexity index is 828. The Hall–Kier alpha value is -2.96. The van der Waals surface area contributed by atoms with E-state index in [2.05, 4.69) is 4.74 Å². The number of rotatable bonds is 4. The molecule has 0 aliphatic carbocycles. The second-order valence-electron chi connectivity index (χ2n) is 6.14. The minimum Gasteiger partial charge on any atom is -0.491 e. The molecule has 0 aromatic heterocycles. The Morgan fingerprint density at radius 2 is 1.73 bits per heavy atom. The average Bonchev–Trinajstić information content (AvgIpc) is 3.11. The molecule has 2 aromatic carbocycles. The molecule has 0 radical (unpaired) electrons. The zero-order valence-corrected chi connectivity index (χ0v) is 14.0. The molecule has 2 aromatic rings. The summed E-state index contributed by atoms with van der Waals surface area (Å²) in [7, 11) is 1.16. The maximum Gasteiger partial charge on any atom is 0.335 e. The molecule has 1 aliphatic heterocycles. The third kappa shape index (κ3) is 3.37. The van der Waals surface area contributed by atoms with Crippen LogP contribution in [0.5, 0.6) is 5.75 Å². The van der Waals surface area contributed by atoms with Crippen LogP contribution in [0.3, 0.4) is 0 Å². The van der Waals surface area contributed by atoms with Crippen LogP contribution in [-0.2, 0) is 0 Å². The largest absolute Gasteiger partial charge is 0.491 e. The number of likely N-dealkylation sites (tertiary alicyclic amines) is 1. The van der Waals surface area contributed by atoms with E-state index in [4.69, 9.17) is 5.11 Å². The van der Waals surface area contributed by atoms with Crippen LogP contribution in [0.15, 0.2) is 36.4 Å². The first-order chi connectivity index (χ1) is 12.4. The number of carbonyl (C=O) groups is 2. The number of benzene rings is 2. The summed E-state index contributed by atoms with van der Waals surface area (Å²) < 4.78 is 32.3. The van der Waals surface area contributed by atoms with Gasteiger partial charge in [0.1, 0.15) is 0 Å². The molecule has 1 fully saturated rings. The molecule has 1 amide bonds. The smallest absolute Gasteiger partial charge is 0.335 e. The van der Waals surface area contributed by atoms with Gasteiger partial charge in [-0.1, -0.05) is 12.1 Å². The monoisotopic (exact) mass is 361 g/mol. The van der Waals surface area contributed by atoms with Crippen molar-refractivity contribution in [2.75, 3.05) is 20.2 Å². The van der Waals surface area contributed by atoms with Crippen molar-refractivity contribution in [2.24, 2.45) is 0 Å². The van der Waals surface area contributed by atoms with E-state index in [1.54, 1.807) is 12.1 Å². The summed E-state index contributed by atoms with van der Waals surface area (Å²) in [4.78, 5) is 25.0. The van der Waals surface area contributed by atoms with Gasteiger partial charge in [-0.3, -0.25) is 4.79 Å². The van der Waals surface area contributed by atoms with E-state index in [1.165, 1.54) is 17.0 Å². The number of ether oxygens (including phenoxy) is 1. The number of halogens is 2. The normalized spacial score (nSPS) is 16.6. The number of nitrogens with zero attached hydrogens (tertiary/aromatic N) is 1. The summed E-state index contributed by atoms with van der Waals surface area (Å²) in [5, 5.41) is 8.94. The van der Waals surface area contributed by atoms with Gasteiger partial charge in [0.05, 0.1) is 12.7 Å². The molecule has 0 saturated carbocycles.